The second-order valence-electron chi connectivity index (χ2n) is 4.81. The molecule has 2 aromatic carbocycles. The minimum atomic E-state index is -2.63. The predicted octanol–water partition coefficient (Wildman–Crippen LogP) is 5.42. The van der Waals surface area contributed by atoms with Crippen LogP contribution in [0.15, 0.2) is 54.6 Å². The lowest BCUT2D eigenvalue weighted by Gasteiger charge is -2.09. The molecule has 1 nitrogen and oxygen atoms in total. The number of para-hydroxylation sites is 1. The molecule has 106 valence electrons. The van der Waals surface area contributed by atoms with Crippen LogP contribution in [0, 0.1) is 0 Å². The number of hydrogen-bond acceptors (Lipinski definition) is 1. The lowest BCUT2D eigenvalue weighted by Crippen LogP contribution is -1.96. The summed E-state index contributed by atoms with van der Waals surface area (Å²) in [4.78, 5) is 4.10. The van der Waals surface area contributed by atoms with E-state index >= 15 is 0 Å². The van der Waals surface area contributed by atoms with Gasteiger partial charge < -0.3 is 0 Å². The van der Waals surface area contributed by atoms with Crippen molar-refractivity contribution in [1.82, 2.24) is 4.98 Å². The quantitative estimate of drug-likeness (QED) is 0.630. The van der Waals surface area contributed by atoms with Gasteiger partial charge in [-0.15, -0.1) is 0 Å². The molecule has 3 aromatic rings. The topological polar surface area (TPSA) is 12.9 Å². The number of alkyl halides is 2. The average molecular weight is 304 g/mol. The fraction of sp³-hybridized carbons (Fsp3) is 0.118. The molecule has 0 spiro atoms. The Hall–Kier alpha value is -2.00. The summed E-state index contributed by atoms with van der Waals surface area (Å²) in [6, 6.07) is 16.6. The Bertz CT molecular complexity index is 772. The summed E-state index contributed by atoms with van der Waals surface area (Å²) in [6.45, 7) is 0. The van der Waals surface area contributed by atoms with Crippen LogP contribution in [-0.4, -0.2) is 4.98 Å². The molecule has 0 aliphatic carbocycles. The van der Waals surface area contributed by atoms with E-state index in [1.807, 2.05) is 42.5 Å². The van der Waals surface area contributed by atoms with Crippen LogP contribution in [0.1, 0.15) is 23.2 Å². The Morgan fingerprint density at radius 2 is 1.76 bits per heavy atom. The maximum absolute atomic E-state index is 12.9. The van der Waals surface area contributed by atoms with Crippen molar-refractivity contribution >= 4 is 22.5 Å². The summed E-state index contributed by atoms with van der Waals surface area (Å²) in [6.07, 6.45) is -1.99. The molecule has 0 unspecified atom stereocenters. The van der Waals surface area contributed by atoms with E-state index in [0.717, 1.165) is 11.1 Å². The summed E-state index contributed by atoms with van der Waals surface area (Å²) >= 11 is 6.11. The first kappa shape index (κ1) is 14.0. The van der Waals surface area contributed by atoms with Crippen molar-refractivity contribution in [2.24, 2.45) is 0 Å². The molecule has 0 N–H and O–H groups in total. The summed E-state index contributed by atoms with van der Waals surface area (Å²) in [5.41, 5.74) is 2.26. The van der Waals surface area contributed by atoms with Gasteiger partial charge in [-0.25, -0.2) is 13.8 Å². The van der Waals surface area contributed by atoms with Gasteiger partial charge in [-0.3, -0.25) is 0 Å². The van der Waals surface area contributed by atoms with E-state index < -0.39 is 6.43 Å². The lowest BCUT2D eigenvalue weighted by atomic mass is 10.0. The van der Waals surface area contributed by atoms with Crippen LogP contribution in [-0.2, 0) is 6.42 Å². The van der Waals surface area contributed by atoms with Gasteiger partial charge in [0, 0.05) is 5.39 Å². The SMILES string of the molecule is FC(F)c1cc(Cl)c2cccc(Cc3ccccc3)c2n1. The number of rotatable bonds is 3. The molecule has 0 amide bonds. The lowest BCUT2D eigenvalue weighted by molar-refractivity contribution is 0.146. The zero-order chi connectivity index (χ0) is 14.8. The number of pyridine rings is 1. The second kappa shape index (κ2) is 5.78. The number of halogens is 3. The Morgan fingerprint density at radius 3 is 2.48 bits per heavy atom. The number of benzene rings is 2. The molecule has 0 fully saturated rings. The van der Waals surface area contributed by atoms with E-state index in [1.54, 1.807) is 6.07 Å². The van der Waals surface area contributed by atoms with Crippen molar-refractivity contribution in [1.29, 1.82) is 0 Å². The highest BCUT2D eigenvalue weighted by Crippen LogP contribution is 2.30. The summed E-state index contributed by atoms with van der Waals surface area (Å²) in [5, 5.41) is 1.01. The van der Waals surface area contributed by atoms with Crippen molar-refractivity contribution in [3.8, 4) is 0 Å². The van der Waals surface area contributed by atoms with Crippen LogP contribution >= 0.6 is 11.6 Å². The van der Waals surface area contributed by atoms with Gasteiger partial charge in [-0.05, 0) is 23.6 Å². The van der Waals surface area contributed by atoms with Gasteiger partial charge in [0.25, 0.3) is 6.43 Å². The third-order valence-corrected chi connectivity index (χ3v) is 3.67. The molecule has 1 aromatic heterocycles. The molecule has 0 aliphatic rings. The maximum atomic E-state index is 12.9. The third kappa shape index (κ3) is 2.88. The van der Waals surface area contributed by atoms with Gasteiger partial charge in [0.1, 0.15) is 5.69 Å². The number of hydrogen-bond donors (Lipinski definition) is 0. The Kier molecular flexibility index (Phi) is 3.84. The zero-order valence-electron chi connectivity index (χ0n) is 11.1. The largest absolute Gasteiger partial charge is 0.280 e. The molecule has 0 atom stereocenters. The minimum absolute atomic E-state index is 0.284. The maximum Gasteiger partial charge on any atom is 0.280 e. The predicted molar refractivity (Wildman–Crippen MR) is 81.0 cm³/mol. The first-order valence-electron chi connectivity index (χ1n) is 6.55. The first-order valence-corrected chi connectivity index (χ1v) is 6.93. The zero-order valence-corrected chi connectivity index (χ0v) is 11.8. The van der Waals surface area contributed by atoms with E-state index in [4.69, 9.17) is 11.6 Å². The number of aromatic nitrogens is 1. The normalized spacial score (nSPS) is 11.2. The first-order chi connectivity index (χ1) is 10.1. The molecule has 0 saturated carbocycles. The van der Waals surface area contributed by atoms with Gasteiger partial charge >= 0.3 is 0 Å². The Balaban J connectivity index is 2.14. The summed E-state index contributed by atoms with van der Waals surface area (Å²) < 4.78 is 25.8. The smallest absolute Gasteiger partial charge is 0.246 e. The molecule has 0 saturated heterocycles. The van der Waals surface area contributed by atoms with Crippen LogP contribution < -0.4 is 0 Å². The molecule has 0 radical (unpaired) electrons. The standard InChI is InChI=1S/C17H12ClF2N/c18-14-10-15(17(19)20)21-16-12(7-4-8-13(14)16)9-11-5-2-1-3-6-11/h1-8,10,17H,9H2. The molecule has 4 heteroatoms. The summed E-state index contributed by atoms with van der Waals surface area (Å²) in [5.74, 6) is 0. The fourth-order valence-electron chi connectivity index (χ4n) is 2.36. The number of nitrogens with zero attached hydrogens (tertiary/aromatic N) is 1. The van der Waals surface area contributed by atoms with E-state index in [9.17, 15) is 8.78 Å². The van der Waals surface area contributed by atoms with Crippen LogP contribution in [0.3, 0.4) is 0 Å². The van der Waals surface area contributed by atoms with Crippen molar-refractivity contribution in [2.45, 2.75) is 12.8 Å². The molecular weight excluding hydrogens is 292 g/mol. The van der Waals surface area contributed by atoms with Crippen molar-refractivity contribution in [3.05, 3.63) is 76.4 Å². The molecule has 1 heterocycles. The molecular formula is C17H12ClF2N. The van der Waals surface area contributed by atoms with Gasteiger partial charge in [-0.2, -0.15) is 0 Å². The Morgan fingerprint density at radius 1 is 1.00 bits per heavy atom. The highest BCUT2D eigenvalue weighted by molar-refractivity contribution is 6.35. The van der Waals surface area contributed by atoms with Gasteiger partial charge in [-0.1, -0.05) is 60.1 Å². The van der Waals surface area contributed by atoms with E-state index in [1.165, 1.54) is 6.07 Å². The molecule has 0 aliphatic heterocycles. The average Bonchev–Trinajstić information content (AvgIpc) is 2.49. The Labute approximate surface area is 126 Å². The summed E-state index contributed by atoms with van der Waals surface area (Å²) in [7, 11) is 0. The van der Waals surface area contributed by atoms with Crippen LogP contribution in [0.5, 0.6) is 0 Å². The van der Waals surface area contributed by atoms with Gasteiger partial charge in [0.2, 0.25) is 0 Å². The fourth-order valence-corrected chi connectivity index (χ4v) is 2.62. The van der Waals surface area contributed by atoms with Crippen molar-refractivity contribution in [3.63, 3.8) is 0 Å². The molecule has 0 bridgehead atoms. The van der Waals surface area contributed by atoms with Gasteiger partial charge in [0.05, 0.1) is 10.5 Å². The van der Waals surface area contributed by atoms with Crippen molar-refractivity contribution in [2.75, 3.05) is 0 Å². The van der Waals surface area contributed by atoms with Gasteiger partial charge in [0.15, 0.2) is 0 Å². The van der Waals surface area contributed by atoms with Crippen LogP contribution in [0.25, 0.3) is 10.9 Å². The van der Waals surface area contributed by atoms with E-state index in [-0.39, 0.29) is 5.69 Å². The van der Waals surface area contributed by atoms with Crippen LogP contribution in [0.4, 0.5) is 8.78 Å². The highest BCUT2D eigenvalue weighted by atomic mass is 35.5. The molecule has 3 rings (SSSR count). The number of fused-ring (bicyclic) bond motifs is 1. The minimum Gasteiger partial charge on any atom is -0.246 e. The second-order valence-corrected chi connectivity index (χ2v) is 5.21. The molecule has 21 heavy (non-hydrogen) atoms. The third-order valence-electron chi connectivity index (χ3n) is 3.35. The highest BCUT2D eigenvalue weighted by Gasteiger charge is 2.14. The van der Waals surface area contributed by atoms with Crippen LogP contribution in [0.2, 0.25) is 5.02 Å². The monoisotopic (exact) mass is 303 g/mol. The van der Waals surface area contributed by atoms with E-state index in [2.05, 4.69) is 4.98 Å². The van der Waals surface area contributed by atoms with Crippen molar-refractivity contribution < 1.29 is 8.78 Å². The van der Waals surface area contributed by atoms with E-state index in [0.29, 0.717) is 22.3 Å².